The van der Waals surface area contributed by atoms with Crippen molar-refractivity contribution in [2.45, 2.75) is 33.2 Å². The van der Waals surface area contributed by atoms with E-state index < -0.39 is 0 Å². The number of hydrogen-bond acceptors (Lipinski definition) is 5. The molecular weight excluding hydrogens is 262 g/mol. The van der Waals surface area contributed by atoms with Crippen molar-refractivity contribution in [1.82, 2.24) is 14.8 Å². The molecule has 0 saturated carbocycles. The fourth-order valence-corrected chi connectivity index (χ4v) is 2.63. The standard InChI is InChI=1S/C13H17N3O2S/c1-8(2)16-13(11(18-4)6-14-16)10(17)5-12-15-9(3)7-19-12/h6-8H,5H2,1-4H3. The average Bonchev–Trinajstić information content (AvgIpc) is 2.94. The van der Waals surface area contributed by atoms with Gasteiger partial charge >= 0.3 is 0 Å². The normalized spacial score (nSPS) is 11.0. The molecule has 6 heteroatoms. The number of thiazole rings is 1. The second kappa shape index (κ2) is 5.52. The van der Waals surface area contributed by atoms with Crippen LogP contribution in [0.15, 0.2) is 11.6 Å². The summed E-state index contributed by atoms with van der Waals surface area (Å²) in [6.45, 7) is 5.89. The Balaban J connectivity index is 2.29. The van der Waals surface area contributed by atoms with Crippen LogP contribution < -0.4 is 4.74 Å². The molecule has 0 N–H and O–H groups in total. The predicted molar refractivity (Wildman–Crippen MR) is 74.0 cm³/mol. The molecule has 0 aliphatic rings. The number of carbonyl (C=O) groups is 1. The van der Waals surface area contributed by atoms with E-state index in [-0.39, 0.29) is 18.2 Å². The van der Waals surface area contributed by atoms with Crippen molar-refractivity contribution in [2.75, 3.05) is 7.11 Å². The van der Waals surface area contributed by atoms with Gasteiger partial charge in [-0.2, -0.15) is 5.10 Å². The van der Waals surface area contributed by atoms with Gasteiger partial charge in [0.25, 0.3) is 0 Å². The third-order valence-electron chi connectivity index (χ3n) is 2.71. The number of ketones is 1. The van der Waals surface area contributed by atoms with Gasteiger partial charge in [-0.15, -0.1) is 11.3 Å². The molecule has 0 amide bonds. The molecule has 19 heavy (non-hydrogen) atoms. The highest BCUT2D eigenvalue weighted by Crippen LogP contribution is 2.23. The minimum Gasteiger partial charge on any atom is -0.493 e. The second-order valence-corrected chi connectivity index (χ2v) is 5.53. The molecule has 0 saturated heterocycles. The molecule has 2 heterocycles. The topological polar surface area (TPSA) is 57.0 Å². The van der Waals surface area contributed by atoms with E-state index in [9.17, 15) is 4.79 Å². The molecule has 2 rings (SSSR count). The molecular formula is C13H17N3O2S. The summed E-state index contributed by atoms with van der Waals surface area (Å²) >= 11 is 1.50. The lowest BCUT2D eigenvalue weighted by molar-refractivity contribution is 0.0977. The predicted octanol–water partition coefficient (Wildman–Crippen LogP) is 2.66. The number of nitrogens with zero attached hydrogens (tertiary/aromatic N) is 3. The molecule has 0 atom stereocenters. The van der Waals surface area contributed by atoms with Crippen LogP contribution in [-0.2, 0) is 6.42 Å². The van der Waals surface area contributed by atoms with Gasteiger partial charge in [-0.3, -0.25) is 9.48 Å². The van der Waals surface area contributed by atoms with Gasteiger partial charge in [0.15, 0.2) is 11.5 Å². The van der Waals surface area contributed by atoms with Crippen molar-refractivity contribution in [3.05, 3.63) is 28.0 Å². The minimum atomic E-state index is -0.0163. The fourth-order valence-electron chi connectivity index (χ4n) is 1.86. The highest BCUT2D eigenvalue weighted by atomic mass is 32.1. The summed E-state index contributed by atoms with van der Waals surface area (Å²) in [6, 6.07) is 0.112. The second-order valence-electron chi connectivity index (χ2n) is 4.58. The maximum absolute atomic E-state index is 12.4. The van der Waals surface area contributed by atoms with Crippen LogP contribution in [0.5, 0.6) is 5.75 Å². The summed E-state index contributed by atoms with van der Waals surface area (Å²) in [5.74, 6) is 0.504. The van der Waals surface area contributed by atoms with E-state index in [4.69, 9.17) is 4.74 Å². The van der Waals surface area contributed by atoms with Crippen molar-refractivity contribution in [3.8, 4) is 5.75 Å². The lowest BCUT2D eigenvalue weighted by Crippen LogP contribution is -2.15. The van der Waals surface area contributed by atoms with Crippen LogP contribution >= 0.6 is 11.3 Å². The first-order valence-electron chi connectivity index (χ1n) is 6.08. The summed E-state index contributed by atoms with van der Waals surface area (Å²) in [4.78, 5) is 16.7. The number of aryl methyl sites for hydroxylation is 1. The molecule has 0 aliphatic carbocycles. The Morgan fingerprint density at radius 2 is 2.26 bits per heavy atom. The lowest BCUT2D eigenvalue weighted by atomic mass is 10.2. The monoisotopic (exact) mass is 279 g/mol. The SMILES string of the molecule is COc1cnn(C(C)C)c1C(=O)Cc1nc(C)cs1. The van der Waals surface area contributed by atoms with Crippen LogP contribution in [0.4, 0.5) is 0 Å². The summed E-state index contributed by atoms with van der Waals surface area (Å²) in [5.41, 5.74) is 1.46. The molecule has 0 spiro atoms. The van der Waals surface area contributed by atoms with Crippen LogP contribution in [0, 0.1) is 6.92 Å². The molecule has 0 bridgehead atoms. The van der Waals surface area contributed by atoms with Crippen LogP contribution in [0.1, 0.15) is 41.1 Å². The number of Topliss-reactive ketones (excluding diaryl/α,β-unsaturated/α-hetero) is 1. The number of carbonyl (C=O) groups excluding carboxylic acids is 1. The number of ether oxygens (including phenoxy) is 1. The first-order chi connectivity index (χ1) is 9.02. The molecule has 102 valence electrons. The molecule has 2 aromatic heterocycles. The highest BCUT2D eigenvalue weighted by Gasteiger charge is 2.21. The van der Waals surface area contributed by atoms with Gasteiger partial charge in [0.2, 0.25) is 0 Å². The zero-order valence-electron chi connectivity index (χ0n) is 11.5. The average molecular weight is 279 g/mol. The molecule has 0 fully saturated rings. The van der Waals surface area contributed by atoms with E-state index in [2.05, 4.69) is 10.1 Å². The number of methoxy groups -OCH3 is 1. The van der Waals surface area contributed by atoms with Crippen molar-refractivity contribution < 1.29 is 9.53 Å². The van der Waals surface area contributed by atoms with Crippen LogP contribution in [0.2, 0.25) is 0 Å². The van der Waals surface area contributed by atoms with E-state index in [0.29, 0.717) is 11.4 Å². The molecule has 0 unspecified atom stereocenters. The zero-order valence-corrected chi connectivity index (χ0v) is 12.3. The van der Waals surface area contributed by atoms with E-state index in [1.54, 1.807) is 18.0 Å². The Kier molecular flexibility index (Phi) is 3.99. The Morgan fingerprint density at radius 1 is 1.53 bits per heavy atom. The Bertz CT molecular complexity index is 586. The maximum atomic E-state index is 12.4. The first kappa shape index (κ1) is 13.7. The van der Waals surface area contributed by atoms with Gasteiger partial charge in [-0.05, 0) is 20.8 Å². The Morgan fingerprint density at radius 3 is 2.79 bits per heavy atom. The van der Waals surface area contributed by atoms with Gasteiger partial charge in [0.05, 0.1) is 19.7 Å². The summed E-state index contributed by atoms with van der Waals surface area (Å²) in [6.07, 6.45) is 1.87. The van der Waals surface area contributed by atoms with Crippen LogP contribution in [0.3, 0.4) is 0 Å². The van der Waals surface area contributed by atoms with Crippen molar-refractivity contribution >= 4 is 17.1 Å². The van der Waals surface area contributed by atoms with Crippen LogP contribution in [0.25, 0.3) is 0 Å². The van der Waals surface area contributed by atoms with Gasteiger partial charge < -0.3 is 4.74 Å². The molecule has 0 aliphatic heterocycles. The highest BCUT2D eigenvalue weighted by molar-refractivity contribution is 7.09. The van der Waals surface area contributed by atoms with Crippen molar-refractivity contribution in [1.29, 1.82) is 0 Å². The lowest BCUT2D eigenvalue weighted by Gasteiger charge is -2.10. The van der Waals surface area contributed by atoms with Crippen molar-refractivity contribution in [3.63, 3.8) is 0 Å². The summed E-state index contributed by atoms with van der Waals surface area (Å²) < 4.78 is 6.92. The number of aromatic nitrogens is 3. The van der Waals surface area contributed by atoms with E-state index in [1.165, 1.54) is 11.3 Å². The maximum Gasteiger partial charge on any atom is 0.191 e. The Labute approximate surface area is 116 Å². The third-order valence-corrected chi connectivity index (χ3v) is 3.68. The molecule has 0 aromatic carbocycles. The number of rotatable bonds is 5. The van der Waals surface area contributed by atoms with Gasteiger partial charge in [0, 0.05) is 17.1 Å². The minimum absolute atomic E-state index is 0.0163. The largest absolute Gasteiger partial charge is 0.493 e. The van der Waals surface area contributed by atoms with Crippen LogP contribution in [-0.4, -0.2) is 27.7 Å². The van der Waals surface area contributed by atoms with E-state index in [1.807, 2.05) is 26.2 Å². The third kappa shape index (κ3) is 2.84. The quantitative estimate of drug-likeness (QED) is 0.790. The van der Waals surface area contributed by atoms with E-state index in [0.717, 1.165) is 10.7 Å². The molecule has 5 nitrogen and oxygen atoms in total. The van der Waals surface area contributed by atoms with E-state index >= 15 is 0 Å². The molecule has 2 aromatic rings. The van der Waals surface area contributed by atoms with Crippen molar-refractivity contribution in [2.24, 2.45) is 0 Å². The molecule has 0 radical (unpaired) electrons. The fraction of sp³-hybridized carbons (Fsp3) is 0.462. The van der Waals surface area contributed by atoms with Gasteiger partial charge in [0.1, 0.15) is 10.7 Å². The van der Waals surface area contributed by atoms with Gasteiger partial charge in [-0.25, -0.2) is 4.98 Å². The van der Waals surface area contributed by atoms with Gasteiger partial charge in [-0.1, -0.05) is 0 Å². The Hall–Kier alpha value is -1.69. The smallest absolute Gasteiger partial charge is 0.191 e. The zero-order chi connectivity index (χ0) is 14.0. The number of hydrogen-bond donors (Lipinski definition) is 0. The first-order valence-corrected chi connectivity index (χ1v) is 6.96. The summed E-state index contributed by atoms with van der Waals surface area (Å²) in [7, 11) is 1.55. The summed E-state index contributed by atoms with van der Waals surface area (Å²) in [5, 5.41) is 6.97.